The Bertz CT molecular complexity index is 607. The number of para-hydroxylation sites is 1. The van der Waals surface area contributed by atoms with Crippen LogP contribution >= 0.6 is 0 Å². The first kappa shape index (κ1) is 14.1. The smallest absolute Gasteiger partial charge is 0.246 e. The van der Waals surface area contributed by atoms with Crippen LogP contribution in [0.4, 0.5) is 11.4 Å². The molecule has 0 bridgehead atoms. The summed E-state index contributed by atoms with van der Waals surface area (Å²) in [5.74, 6) is -0.0427. The number of anilines is 2. The minimum absolute atomic E-state index is 0.0427. The molecule has 1 unspecified atom stereocenters. The number of aryl methyl sites for hydroxylation is 2. The van der Waals surface area contributed by atoms with Crippen LogP contribution < -0.4 is 10.6 Å². The van der Waals surface area contributed by atoms with Gasteiger partial charge in [-0.3, -0.25) is 4.79 Å². The standard InChI is InChI=1S/C17H20N2O/c1-12-7-6-9-15(11-12)19-17(20)14(3)18-16-10-5-4-8-13(16)2/h4-11,14,18H,1-3H3,(H,19,20). The van der Waals surface area contributed by atoms with Crippen molar-refractivity contribution in [3.8, 4) is 0 Å². The molecule has 0 saturated heterocycles. The van der Waals surface area contributed by atoms with Crippen LogP contribution in [-0.4, -0.2) is 11.9 Å². The van der Waals surface area contributed by atoms with Crippen LogP contribution in [0.25, 0.3) is 0 Å². The number of carbonyl (C=O) groups is 1. The van der Waals surface area contributed by atoms with Gasteiger partial charge >= 0.3 is 0 Å². The third kappa shape index (κ3) is 3.60. The van der Waals surface area contributed by atoms with Crippen LogP contribution in [-0.2, 0) is 4.79 Å². The maximum Gasteiger partial charge on any atom is 0.246 e. The Morgan fingerprint density at radius 3 is 2.50 bits per heavy atom. The first-order valence-corrected chi connectivity index (χ1v) is 6.76. The molecular formula is C17H20N2O. The van der Waals surface area contributed by atoms with Crippen molar-refractivity contribution in [2.45, 2.75) is 26.8 Å². The molecule has 0 radical (unpaired) electrons. The van der Waals surface area contributed by atoms with Gasteiger partial charge < -0.3 is 10.6 Å². The molecule has 0 fully saturated rings. The Morgan fingerprint density at radius 1 is 1.05 bits per heavy atom. The Morgan fingerprint density at radius 2 is 1.80 bits per heavy atom. The lowest BCUT2D eigenvalue weighted by Crippen LogP contribution is -2.32. The molecule has 0 aliphatic heterocycles. The summed E-state index contributed by atoms with van der Waals surface area (Å²) >= 11 is 0. The van der Waals surface area contributed by atoms with Crippen molar-refractivity contribution in [3.63, 3.8) is 0 Å². The van der Waals surface area contributed by atoms with Crippen molar-refractivity contribution in [1.29, 1.82) is 0 Å². The van der Waals surface area contributed by atoms with Gasteiger partial charge in [0.25, 0.3) is 0 Å². The van der Waals surface area contributed by atoms with Gasteiger partial charge in [0.2, 0.25) is 5.91 Å². The highest BCUT2D eigenvalue weighted by atomic mass is 16.2. The number of hydrogen-bond donors (Lipinski definition) is 2. The highest BCUT2D eigenvalue weighted by molar-refractivity contribution is 5.96. The molecule has 2 aromatic carbocycles. The number of rotatable bonds is 4. The van der Waals surface area contributed by atoms with Crippen LogP contribution in [0, 0.1) is 13.8 Å². The molecule has 20 heavy (non-hydrogen) atoms. The first-order valence-electron chi connectivity index (χ1n) is 6.76. The maximum atomic E-state index is 12.2. The van der Waals surface area contributed by atoms with Gasteiger partial charge in [0.15, 0.2) is 0 Å². The Hall–Kier alpha value is -2.29. The topological polar surface area (TPSA) is 41.1 Å². The van der Waals surface area contributed by atoms with E-state index in [1.165, 1.54) is 0 Å². The molecule has 0 saturated carbocycles. The lowest BCUT2D eigenvalue weighted by atomic mass is 10.1. The molecule has 0 aromatic heterocycles. The summed E-state index contributed by atoms with van der Waals surface area (Å²) < 4.78 is 0. The van der Waals surface area contributed by atoms with Crippen LogP contribution in [0.5, 0.6) is 0 Å². The Kier molecular flexibility index (Phi) is 4.41. The molecule has 104 valence electrons. The molecular weight excluding hydrogens is 248 g/mol. The SMILES string of the molecule is Cc1cccc(NC(=O)C(C)Nc2ccccc2C)c1. The highest BCUT2D eigenvalue weighted by Crippen LogP contribution is 2.15. The molecule has 2 aromatic rings. The summed E-state index contributed by atoms with van der Waals surface area (Å²) in [6.07, 6.45) is 0. The van der Waals surface area contributed by atoms with E-state index in [2.05, 4.69) is 10.6 Å². The minimum atomic E-state index is -0.295. The van der Waals surface area contributed by atoms with E-state index in [-0.39, 0.29) is 11.9 Å². The van der Waals surface area contributed by atoms with Gasteiger partial charge in [0, 0.05) is 11.4 Å². The van der Waals surface area contributed by atoms with Gasteiger partial charge in [-0.1, -0.05) is 30.3 Å². The van der Waals surface area contributed by atoms with Gasteiger partial charge in [-0.25, -0.2) is 0 Å². The number of benzene rings is 2. The summed E-state index contributed by atoms with van der Waals surface area (Å²) in [4.78, 5) is 12.2. The summed E-state index contributed by atoms with van der Waals surface area (Å²) in [5, 5.41) is 6.15. The lowest BCUT2D eigenvalue weighted by Gasteiger charge is -2.17. The Balaban J connectivity index is 2.01. The quantitative estimate of drug-likeness (QED) is 0.886. The molecule has 2 N–H and O–H groups in total. The van der Waals surface area contributed by atoms with Gasteiger partial charge in [0.05, 0.1) is 0 Å². The minimum Gasteiger partial charge on any atom is -0.374 e. The second kappa shape index (κ2) is 6.24. The van der Waals surface area contributed by atoms with E-state index in [0.717, 1.165) is 22.5 Å². The largest absolute Gasteiger partial charge is 0.374 e. The lowest BCUT2D eigenvalue weighted by molar-refractivity contribution is -0.116. The van der Waals surface area contributed by atoms with E-state index >= 15 is 0 Å². The van der Waals surface area contributed by atoms with Gasteiger partial charge in [-0.15, -0.1) is 0 Å². The third-order valence-corrected chi connectivity index (χ3v) is 3.20. The van der Waals surface area contributed by atoms with Crippen molar-refractivity contribution < 1.29 is 4.79 Å². The molecule has 0 heterocycles. The van der Waals surface area contributed by atoms with Crippen LogP contribution in [0.15, 0.2) is 48.5 Å². The van der Waals surface area contributed by atoms with Gasteiger partial charge in [-0.2, -0.15) is 0 Å². The number of nitrogens with one attached hydrogen (secondary N) is 2. The predicted molar refractivity (Wildman–Crippen MR) is 84.1 cm³/mol. The third-order valence-electron chi connectivity index (χ3n) is 3.20. The fourth-order valence-electron chi connectivity index (χ4n) is 2.01. The second-order valence-electron chi connectivity index (χ2n) is 5.04. The highest BCUT2D eigenvalue weighted by Gasteiger charge is 2.13. The zero-order valence-corrected chi connectivity index (χ0v) is 12.1. The Labute approximate surface area is 120 Å². The zero-order chi connectivity index (χ0) is 14.5. The molecule has 3 nitrogen and oxygen atoms in total. The summed E-state index contributed by atoms with van der Waals surface area (Å²) in [6, 6.07) is 15.4. The molecule has 3 heteroatoms. The van der Waals surface area contributed by atoms with Crippen molar-refractivity contribution in [1.82, 2.24) is 0 Å². The molecule has 0 aliphatic carbocycles. The maximum absolute atomic E-state index is 12.2. The van der Waals surface area contributed by atoms with Crippen LogP contribution in [0.3, 0.4) is 0 Å². The fourth-order valence-corrected chi connectivity index (χ4v) is 2.01. The molecule has 1 atom stereocenters. The number of hydrogen-bond acceptors (Lipinski definition) is 2. The first-order chi connectivity index (χ1) is 9.56. The van der Waals surface area contributed by atoms with Crippen molar-refractivity contribution in [2.75, 3.05) is 10.6 Å². The van der Waals surface area contributed by atoms with Crippen LogP contribution in [0.1, 0.15) is 18.1 Å². The van der Waals surface area contributed by atoms with E-state index in [0.29, 0.717) is 0 Å². The predicted octanol–water partition coefficient (Wildman–Crippen LogP) is 3.74. The van der Waals surface area contributed by atoms with E-state index in [1.807, 2.05) is 69.3 Å². The zero-order valence-electron chi connectivity index (χ0n) is 12.1. The molecule has 0 spiro atoms. The summed E-state index contributed by atoms with van der Waals surface area (Å²) in [6.45, 7) is 5.88. The fraction of sp³-hybridized carbons (Fsp3) is 0.235. The second-order valence-corrected chi connectivity index (χ2v) is 5.04. The molecule has 1 amide bonds. The average Bonchev–Trinajstić information content (AvgIpc) is 2.41. The van der Waals surface area contributed by atoms with E-state index in [4.69, 9.17) is 0 Å². The monoisotopic (exact) mass is 268 g/mol. The number of amides is 1. The van der Waals surface area contributed by atoms with Crippen molar-refractivity contribution in [3.05, 3.63) is 59.7 Å². The van der Waals surface area contributed by atoms with Crippen LogP contribution in [0.2, 0.25) is 0 Å². The average molecular weight is 268 g/mol. The van der Waals surface area contributed by atoms with Crippen molar-refractivity contribution in [2.24, 2.45) is 0 Å². The van der Waals surface area contributed by atoms with Crippen molar-refractivity contribution >= 4 is 17.3 Å². The van der Waals surface area contributed by atoms with E-state index in [1.54, 1.807) is 0 Å². The van der Waals surface area contributed by atoms with Gasteiger partial charge in [-0.05, 0) is 50.1 Å². The van der Waals surface area contributed by atoms with E-state index in [9.17, 15) is 4.79 Å². The molecule has 0 aliphatic rings. The summed E-state index contributed by atoms with van der Waals surface area (Å²) in [7, 11) is 0. The number of carbonyl (C=O) groups excluding carboxylic acids is 1. The normalized spacial score (nSPS) is 11.8. The van der Waals surface area contributed by atoms with E-state index < -0.39 is 0 Å². The van der Waals surface area contributed by atoms with Gasteiger partial charge in [0.1, 0.15) is 6.04 Å². The molecule has 2 rings (SSSR count). The summed E-state index contributed by atoms with van der Waals surface area (Å²) in [5.41, 5.74) is 4.07.